The zero-order valence-electron chi connectivity index (χ0n) is 18.2. The third kappa shape index (κ3) is 4.93. The highest BCUT2D eigenvalue weighted by Gasteiger charge is 2.34. The van der Waals surface area contributed by atoms with E-state index in [1.807, 2.05) is 13.8 Å². The van der Waals surface area contributed by atoms with Crippen molar-refractivity contribution in [1.29, 1.82) is 0 Å². The van der Waals surface area contributed by atoms with E-state index in [2.05, 4.69) is 15.5 Å². The van der Waals surface area contributed by atoms with Crippen molar-refractivity contribution in [2.24, 2.45) is 0 Å². The average molecular weight is 465 g/mol. The molecule has 174 valence electrons. The number of benzene rings is 1. The van der Waals surface area contributed by atoms with Crippen LogP contribution in [0, 0.1) is 0 Å². The fourth-order valence-corrected chi connectivity index (χ4v) is 5.11. The van der Waals surface area contributed by atoms with Gasteiger partial charge in [-0.2, -0.15) is 22.0 Å². The monoisotopic (exact) mass is 464 g/mol. The van der Waals surface area contributed by atoms with E-state index in [4.69, 9.17) is 9.26 Å². The van der Waals surface area contributed by atoms with Crippen LogP contribution in [-0.2, 0) is 14.9 Å². The Morgan fingerprint density at radius 3 is 2.22 bits per heavy atom. The van der Waals surface area contributed by atoms with Gasteiger partial charge in [0.05, 0.1) is 13.2 Å². The Hall–Kier alpha value is -2.54. The molecule has 0 saturated carbocycles. The number of hydrogen-bond acceptors (Lipinski definition) is 7. The van der Waals surface area contributed by atoms with E-state index in [0.29, 0.717) is 56.8 Å². The topological polar surface area (TPSA) is 121 Å². The molecule has 2 saturated heterocycles. The van der Waals surface area contributed by atoms with E-state index in [0.717, 1.165) is 5.56 Å². The third-order valence-electron chi connectivity index (χ3n) is 5.49. The van der Waals surface area contributed by atoms with Crippen LogP contribution in [0.15, 0.2) is 28.8 Å². The minimum atomic E-state index is -3.52. The summed E-state index contributed by atoms with van der Waals surface area (Å²) < 4.78 is 38.9. The third-order valence-corrected chi connectivity index (χ3v) is 7.53. The number of aromatic nitrogens is 2. The first-order valence-corrected chi connectivity index (χ1v) is 12.1. The van der Waals surface area contributed by atoms with Gasteiger partial charge in [-0.1, -0.05) is 19.0 Å². The number of anilines is 1. The van der Waals surface area contributed by atoms with Crippen LogP contribution in [0.2, 0.25) is 0 Å². The highest BCUT2D eigenvalue weighted by atomic mass is 32.2. The zero-order valence-corrected chi connectivity index (χ0v) is 19.0. The van der Waals surface area contributed by atoms with Crippen molar-refractivity contribution in [3.63, 3.8) is 0 Å². The first-order chi connectivity index (χ1) is 15.3. The Balaban J connectivity index is 1.31. The van der Waals surface area contributed by atoms with Crippen molar-refractivity contribution in [3.8, 4) is 11.5 Å². The molecule has 2 fully saturated rings. The molecule has 0 unspecified atom stereocenters. The van der Waals surface area contributed by atoms with Crippen molar-refractivity contribution >= 4 is 21.9 Å². The number of carbonyl (C=O) groups is 1. The molecule has 0 bridgehead atoms. The molecule has 2 aliphatic rings. The number of nitrogens with one attached hydrogen (secondary N) is 1. The standard InChI is InChI=1S/C20H28N6O5S/c1-15(2)18-22-19(31-23-18)16-3-5-17(6-4-16)21-20(27)24-7-9-25(10-8-24)32(28,29)26-11-13-30-14-12-26/h3-6,15H,7-14H2,1-2H3,(H,21,27). The second-order valence-electron chi connectivity index (χ2n) is 8.03. The zero-order chi connectivity index (χ0) is 22.7. The molecule has 1 aromatic heterocycles. The van der Waals surface area contributed by atoms with Gasteiger partial charge in [-0.15, -0.1) is 0 Å². The maximum absolute atomic E-state index is 12.8. The van der Waals surface area contributed by atoms with Crippen LogP contribution >= 0.6 is 0 Å². The fraction of sp³-hybridized carbons (Fsp3) is 0.550. The summed E-state index contributed by atoms with van der Waals surface area (Å²) in [7, 11) is -3.52. The van der Waals surface area contributed by atoms with Gasteiger partial charge < -0.3 is 19.5 Å². The molecule has 12 heteroatoms. The molecule has 2 aromatic rings. The Bertz CT molecular complexity index is 1030. The number of ether oxygens (including phenoxy) is 1. The second kappa shape index (κ2) is 9.53. The summed E-state index contributed by atoms with van der Waals surface area (Å²) in [5.74, 6) is 1.26. The Morgan fingerprint density at radius 2 is 1.62 bits per heavy atom. The predicted molar refractivity (Wildman–Crippen MR) is 117 cm³/mol. The summed E-state index contributed by atoms with van der Waals surface area (Å²) in [6.07, 6.45) is 0. The van der Waals surface area contributed by atoms with Gasteiger partial charge in [-0.05, 0) is 24.3 Å². The first-order valence-electron chi connectivity index (χ1n) is 10.7. The van der Waals surface area contributed by atoms with E-state index < -0.39 is 10.2 Å². The molecule has 1 aromatic carbocycles. The average Bonchev–Trinajstić information content (AvgIpc) is 3.31. The van der Waals surface area contributed by atoms with Crippen LogP contribution < -0.4 is 5.32 Å². The van der Waals surface area contributed by atoms with E-state index in [9.17, 15) is 13.2 Å². The number of piperazine rings is 1. The summed E-state index contributed by atoms with van der Waals surface area (Å²) >= 11 is 0. The minimum Gasteiger partial charge on any atom is -0.379 e. The van der Waals surface area contributed by atoms with Crippen LogP contribution in [0.25, 0.3) is 11.5 Å². The van der Waals surface area contributed by atoms with Crippen LogP contribution in [0.4, 0.5) is 10.5 Å². The molecular weight excluding hydrogens is 436 g/mol. The molecule has 3 heterocycles. The molecular formula is C20H28N6O5S. The van der Waals surface area contributed by atoms with Gasteiger partial charge in [-0.3, -0.25) is 0 Å². The SMILES string of the molecule is CC(C)c1noc(-c2ccc(NC(=O)N3CCN(S(=O)(=O)N4CCOCC4)CC3)cc2)n1. The van der Waals surface area contributed by atoms with Gasteiger partial charge in [0.2, 0.25) is 0 Å². The maximum atomic E-state index is 12.8. The van der Waals surface area contributed by atoms with Gasteiger partial charge in [0.15, 0.2) is 5.82 Å². The number of carbonyl (C=O) groups excluding carboxylic acids is 1. The Labute approximate surface area is 187 Å². The lowest BCUT2D eigenvalue weighted by Crippen LogP contribution is -2.56. The quantitative estimate of drug-likeness (QED) is 0.713. The van der Waals surface area contributed by atoms with Gasteiger partial charge in [-0.25, -0.2) is 4.79 Å². The van der Waals surface area contributed by atoms with Crippen LogP contribution in [0.3, 0.4) is 0 Å². The number of morpholine rings is 1. The van der Waals surface area contributed by atoms with Gasteiger partial charge >= 0.3 is 6.03 Å². The smallest absolute Gasteiger partial charge is 0.321 e. The van der Waals surface area contributed by atoms with Crippen LogP contribution in [-0.4, -0.2) is 90.6 Å². The van der Waals surface area contributed by atoms with Gasteiger partial charge in [0.1, 0.15) is 0 Å². The fourth-order valence-electron chi connectivity index (χ4n) is 3.55. The van der Waals surface area contributed by atoms with E-state index >= 15 is 0 Å². The highest BCUT2D eigenvalue weighted by Crippen LogP contribution is 2.22. The van der Waals surface area contributed by atoms with Crippen molar-refractivity contribution in [2.45, 2.75) is 19.8 Å². The lowest BCUT2D eigenvalue weighted by molar-refractivity contribution is 0.0691. The van der Waals surface area contributed by atoms with Crippen molar-refractivity contribution in [1.82, 2.24) is 23.7 Å². The molecule has 11 nitrogen and oxygen atoms in total. The van der Waals surface area contributed by atoms with Crippen molar-refractivity contribution < 1.29 is 22.5 Å². The van der Waals surface area contributed by atoms with E-state index in [-0.39, 0.29) is 25.0 Å². The summed E-state index contributed by atoms with van der Waals surface area (Å²) in [5.41, 5.74) is 1.40. The lowest BCUT2D eigenvalue weighted by Gasteiger charge is -2.37. The van der Waals surface area contributed by atoms with Crippen LogP contribution in [0.5, 0.6) is 0 Å². The molecule has 2 amide bonds. The largest absolute Gasteiger partial charge is 0.379 e. The number of rotatable bonds is 5. The summed E-state index contributed by atoms with van der Waals surface area (Å²) in [4.78, 5) is 18.6. The Morgan fingerprint density at radius 1 is 1.00 bits per heavy atom. The van der Waals surface area contributed by atoms with Gasteiger partial charge in [0, 0.05) is 56.4 Å². The van der Waals surface area contributed by atoms with Gasteiger partial charge in [0.25, 0.3) is 16.1 Å². The van der Waals surface area contributed by atoms with Crippen molar-refractivity contribution in [2.75, 3.05) is 57.8 Å². The number of hydrogen-bond donors (Lipinski definition) is 1. The van der Waals surface area contributed by atoms with Crippen LogP contribution in [0.1, 0.15) is 25.6 Å². The summed E-state index contributed by atoms with van der Waals surface area (Å²) in [6, 6.07) is 6.89. The maximum Gasteiger partial charge on any atom is 0.321 e. The van der Waals surface area contributed by atoms with Crippen molar-refractivity contribution in [3.05, 3.63) is 30.1 Å². The number of nitrogens with zero attached hydrogens (tertiary/aromatic N) is 5. The molecule has 2 aliphatic heterocycles. The normalized spacial score (nSPS) is 18.8. The highest BCUT2D eigenvalue weighted by molar-refractivity contribution is 7.86. The molecule has 0 radical (unpaired) electrons. The van der Waals surface area contributed by atoms with E-state index in [1.165, 1.54) is 8.61 Å². The molecule has 0 atom stereocenters. The molecule has 0 aliphatic carbocycles. The first kappa shape index (κ1) is 22.6. The number of amides is 2. The second-order valence-corrected chi connectivity index (χ2v) is 9.95. The Kier molecular flexibility index (Phi) is 6.74. The summed E-state index contributed by atoms with van der Waals surface area (Å²) in [5, 5.41) is 6.81. The predicted octanol–water partition coefficient (Wildman–Crippen LogP) is 1.59. The molecule has 0 spiro atoms. The minimum absolute atomic E-state index is 0.176. The molecule has 32 heavy (non-hydrogen) atoms. The lowest BCUT2D eigenvalue weighted by atomic mass is 10.2. The molecule has 4 rings (SSSR count). The summed E-state index contributed by atoms with van der Waals surface area (Å²) in [6.45, 7) is 6.71. The van der Waals surface area contributed by atoms with E-state index in [1.54, 1.807) is 29.2 Å². The number of urea groups is 1. The molecule has 1 N–H and O–H groups in total.